The van der Waals surface area contributed by atoms with Crippen LogP contribution in [0.1, 0.15) is 37.6 Å². The van der Waals surface area contributed by atoms with Crippen molar-refractivity contribution in [3.05, 3.63) is 29.8 Å². The van der Waals surface area contributed by atoms with Gasteiger partial charge in [0.15, 0.2) is 5.78 Å². The zero-order chi connectivity index (χ0) is 13.5. The highest BCUT2D eigenvalue weighted by molar-refractivity contribution is 5.99. The van der Waals surface area contributed by atoms with Crippen LogP contribution in [0.5, 0.6) is 5.75 Å². The fourth-order valence-electron chi connectivity index (χ4n) is 1.77. The van der Waals surface area contributed by atoms with Gasteiger partial charge >= 0.3 is 0 Å². The van der Waals surface area contributed by atoms with Crippen LogP contribution in [-0.4, -0.2) is 12.4 Å². The molecule has 0 aliphatic rings. The highest BCUT2D eigenvalue weighted by Gasteiger charge is 2.20. The number of Topliss-reactive ketones (excluding diaryl/α,β-unsaturated/α-hetero) is 1. The van der Waals surface area contributed by atoms with E-state index in [4.69, 9.17) is 10.00 Å². The Balaban J connectivity index is 2.79. The van der Waals surface area contributed by atoms with Crippen LogP contribution >= 0.6 is 0 Å². The lowest BCUT2D eigenvalue weighted by Gasteiger charge is -2.11. The lowest BCUT2D eigenvalue weighted by molar-refractivity contribution is 0.0937. The summed E-state index contributed by atoms with van der Waals surface area (Å²) in [6, 6.07) is 9.06. The fraction of sp³-hybridized carbons (Fsp3) is 0.467. The standard InChI is InChI=1S/C15H19NO2/c1-4-18-14-7-5-12(6-8-14)15(17)13(10-16)9-11(2)3/h5-8,11,13H,4,9H2,1-3H3. The molecule has 3 heteroatoms. The average molecular weight is 245 g/mol. The molecule has 0 bridgehead atoms. The number of hydrogen-bond donors (Lipinski definition) is 0. The van der Waals surface area contributed by atoms with Crippen LogP contribution in [-0.2, 0) is 0 Å². The fourth-order valence-corrected chi connectivity index (χ4v) is 1.77. The second-order valence-corrected chi connectivity index (χ2v) is 4.63. The van der Waals surface area contributed by atoms with E-state index in [9.17, 15) is 4.79 Å². The molecule has 0 heterocycles. The normalized spacial score (nSPS) is 11.9. The van der Waals surface area contributed by atoms with Gasteiger partial charge in [-0.15, -0.1) is 0 Å². The summed E-state index contributed by atoms with van der Waals surface area (Å²) in [5.74, 6) is 0.421. The topological polar surface area (TPSA) is 50.1 Å². The van der Waals surface area contributed by atoms with Crippen LogP contribution in [0, 0.1) is 23.2 Å². The number of nitrogens with zero attached hydrogens (tertiary/aromatic N) is 1. The molecule has 0 N–H and O–H groups in total. The zero-order valence-electron chi connectivity index (χ0n) is 11.1. The summed E-state index contributed by atoms with van der Waals surface area (Å²) in [7, 11) is 0. The van der Waals surface area contributed by atoms with Gasteiger partial charge in [0.1, 0.15) is 11.7 Å². The molecule has 1 unspecified atom stereocenters. The summed E-state index contributed by atoms with van der Waals surface area (Å²) in [6.07, 6.45) is 0.600. The van der Waals surface area contributed by atoms with Crippen molar-refractivity contribution in [3.63, 3.8) is 0 Å². The molecule has 18 heavy (non-hydrogen) atoms. The molecule has 1 rings (SSSR count). The van der Waals surface area contributed by atoms with Crippen molar-refractivity contribution in [3.8, 4) is 11.8 Å². The predicted molar refractivity (Wildman–Crippen MR) is 70.5 cm³/mol. The second kappa shape index (κ2) is 6.80. The third kappa shape index (κ3) is 3.89. The number of ether oxygens (including phenoxy) is 1. The van der Waals surface area contributed by atoms with Gasteiger partial charge in [-0.05, 0) is 43.5 Å². The third-order valence-electron chi connectivity index (χ3n) is 2.63. The van der Waals surface area contributed by atoms with Crippen molar-refractivity contribution in [2.75, 3.05) is 6.61 Å². The van der Waals surface area contributed by atoms with Crippen LogP contribution in [0.25, 0.3) is 0 Å². The SMILES string of the molecule is CCOc1ccc(C(=O)C(C#N)CC(C)C)cc1. The number of nitriles is 1. The summed E-state index contributed by atoms with van der Waals surface area (Å²) in [5.41, 5.74) is 0.575. The lowest BCUT2D eigenvalue weighted by atomic mass is 9.91. The molecular formula is C15H19NO2. The van der Waals surface area contributed by atoms with E-state index in [1.807, 2.05) is 20.8 Å². The summed E-state index contributed by atoms with van der Waals surface area (Å²) in [6.45, 7) is 6.53. The predicted octanol–water partition coefficient (Wildman–Crippen LogP) is 3.45. The first-order valence-corrected chi connectivity index (χ1v) is 6.25. The second-order valence-electron chi connectivity index (χ2n) is 4.63. The summed E-state index contributed by atoms with van der Waals surface area (Å²) in [4.78, 5) is 12.1. The molecular weight excluding hydrogens is 226 g/mol. The number of benzene rings is 1. The van der Waals surface area contributed by atoms with E-state index in [1.165, 1.54) is 0 Å². The minimum absolute atomic E-state index is 0.103. The third-order valence-corrected chi connectivity index (χ3v) is 2.63. The zero-order valence-corrected chi connectivity index (χ0v) is 11.1. The van der Waals surface area contributed by atoms with Crippen LogP contribution in [0.2, 0.25) is 0 Å². The monoisotopic (exact) mass is 245 g/mol. The first-order valence-electron chi connectivity index (χ1n) is 6.25. The highest BCUT2D eigenvalue weighted by atomic mass is 16.5. The first kappa shape index (κ1) is 14.2. The lowest BCUT2D eigenvalue weighted by Crippen LogP contribution is -2.15. The van der Waals surface area contributed by atoms with Crippen LogP contribution < -0.4 is 4.74 Å². The van der Waals surface area contributed by atoms with Crippen LogP contribution in [0.4, 0.5) is 0 Å². The molecule has 0 aliphatic heterocycles. The largest absolute Gasteiger partial charge is 0.494 e. The number of ketones is 1. The Morgan fingerprint density at radius 1 is 1.33 bits per heavy atom. The molecule has 1 aromatic rings. The van der Waals surface area contributed by atoms with E-state index < -0.39 is 5.92 Å². The molecule has 1 atom stereocenters. The van der Waals surface area contributed by atoms with Gasteiger partial charge in [0, 0.05) is 5.56 Å². The minimum atomic E-state index is -0.553. The maximum atomic E-state index is 12.1. The van der Waals surface area contributed by atoms with Crippen LogP contribution in [0.15, 0.2) is 24.3 Å². The van der Waals surface area contributed by atoms with Crippen molar-refractivity contribution >= 4 is 5.78 Å². The average Bonchev–Trinajstić information content (AvgIpc) is 2.36. The number of carbonyl (C=O) groups is 1. The van der Waals surface area contributed by atoms with Gasteiger partial charge in [-0.25, -0.2) is 0 Å². The number of rotatable bonds is 6. The van der Waals surface area contributed by atoms with E-state index in [0.29, 0.717) is 24.5 Å². The van der Waals surface area contributed by atoms with E-state index in [0.717, 1.165) is 5.75 Å². The first-order chi connectivity index (χ1) is 8.58. The Morgan fingerprint density at radius 3 is 2.39 bits per heavy atom. The number of hydrogen-bond acceptors (Lipinski definition) is 3. The van der Waals surface area contributed by atoms with Crippen molar-refractivity contribution in [2.45, 2.75) is 27.2 Å². The molecule has 0 radical (unpaired) electrons. The number of carbonyl (C=O) groups excluding carboxylic acids is 1. The van der Waals surface area contributed by atoms with Gasteiger partial charge in [0.05, 0.1) is 12.7 Å². The van der Waals surface area contributed by atoms with Gasteiger partial charge < -0.3 is 4.74 Å². The van der Waals surface area contributed by atoms with Gasteiger partial charge in [-0.2, -0.15) is 5.26 Å². The van der Waals surface area contributed by atoms with E-state index in [1.54, 1.807) is 24.3 Å². The Kier molecular flexibility index (Phi) is 5.38. The molecule has 0 saturated heterocycles. The Hall–Kier alpha value is -1.82. The molecule has 0 saturated carbocycles. The molecule has 0 aliphatic carbocycles. The molecule has 3 nitrogen and oxygen atoms in total. The van der Waals surface area contributed by atoms with E-state index in [2.05, 4.69) is 6.07 Å². The molecule has 0 spiro atoms. The van der Waals surface area contributed by atoms with Gasteiger partial charge in [-0.3, -0.25) is 4.79 Å². The van der Waals surface area contributed by atoms with E-state index >= 15 is 0 Å². The Morgan fingerprint density at radius 2 is 1.94 bits per heavy atom. The molecule has 96 valence electrons. The minimum Gasteiger partial charge on any atom is -0.494 e. The molecule has 1 aromatic carbocycles. The van der Waals surface area contributed by atoms with Gasteiger partial charge in [0.2, 0.25) is 0 Å². The maximum absolute atomic E-state index is 12.1. The van der Waals surface area contributed by atoms with Crippen molar-refractivity contribution in [1.82, 2.24) is 0 Å². The molecule has 0 aromatic heterocycles. The highest BCUT2D eigenvalue weighted by Crippen LogP contribution is 2.19. The molecule has 0 fully saturated rings. The van der Waals surface area contributed by atoms with Crippen molar-refractivity contribution in [2.24, 2.45) is 11.8 Å². The Labute approximate surface area is 108 Å². The van der Waals surface area contributed by atoms with Gasteiger partial charge in [0.25, 0.3) is 0 Å². The maximum Gasteiger partial charge on any atom is 0.179 e. The summed E-state index contributed by atoms with van der Waals surface area (Å²) in [5, 5.41) is 9.05. The van der Waals surface area contributed by atoms with Crippen molar-refractivity contribution < 1.29 is 9.53 Å². The van der Waals surface area contributed by atoms with Gasteiger partial charge in [-0.1, -0.05) is 13.8 Å². The smallest absolute Gasteiger partial charge is 0.179 e. The quantitative estimate of drug-likeness (QED) is 0.721. The molecule has 0 amide bonds. The van der Waals surface area contributed by atoms with Crippen LogP contribution in [0.3, 0.4) is 0 Å². The summed E-state index contributed by atoms with van der Waals surface area (Å²) >= 11 is 0. The Bertz CT molecular complexity index is 429. The van der Waals surface area contributed by atoms with E-state index in [-0.39, 0.29) is 5.78 Å². The summed E-state index contributed by atoms with van der Waals surface area (Å²) < 4.78 is 5.32. The van der Waals surface area contributed by atoms with Crippen molar-refractivity contribution in [1.29, 1.82) is 5.26 Å².